The zero-order valence-electron chi connectivity index (χ0n) is 57.6. The summed E-state index contributed by atoms with van der Waals surface area (Å²) < 4.78 is 10.7. The average molecular weight is 1420 g/mol. The third-order valence-corrected chi connectivity index (χ3v) is 26.5. The number of hydrogen-bond donors (Lipinski definition) is 0. The first-order chi connectivity index (χ1) is 52.3. The molecule has 0 atom stereocenters. The van der Waals surface area contributed by atoms with Crippen molar-refractivity contribution in [2.24, 2.45) is 0 Å². The molecule has 0 spiro atoms. The number of benzene rings is 14. The van der Waals surface area contributed by atoms with Crippen molar-refractivity contribution >= 4 is 170 Å². The van der Waals surface area contributed by atoms with Crippen molar-refractivity contribution in [1.29, 1.82) is 0 Å². The summed E-state index contributed by atoms with van der Waals surface area (Å²) >= 11 is 7.49. The van der Waals surface area contributed by atoms with Crippen LogP contribution in [0.15, 0.2) is 328 Å². The number of nitrogens with zero attached hydrogens (tertiary/aromatic N) is 4. The van der Waals surface area contributed by atoms with Gasteiger partial charge in [-0.15, -0.1) is 45.3 Å². The van der Waals surface area contributed by atoms with Gasteiger partial charge in [-0.3, -0.25) is 19.9 Å². The lowest BCUT2D eigenvalue weighted by Crippen LogP contribution is -1.94. The van der Waals surface area contributed by atoms with E-state index in [2.05, 4.69) is 317 Å². The van der Waals surface area contributed by atoms with E-state index in [0.717, 1.165) is 77.0 Å². The van der Waals surface area contributed by atoms with Crippen LogP contribution in [0.5, 0.6) is 0 Å². The second-order valence-corrected chi connectivity index (χ2v) is 31.7. The molecule has 8 heterocycles. The summed E-state index contributed by atoms with van der Waals surface area (Å²) in [7, 11) is 0. The second-order valence-electron chi connectivity index (χ2n) is 27.5. The van der Waals surface area contributed by atoms with Gasteiger partial charge in [-0.2, -0.15) is 0 Å². The predicted molar refractivity (Wildman–Crippen MR) is 459 cm³/mol. The Morgan fingerprint density at radius 3 is 0.745 bits per heavy atom. The van der Waals surface area contributed by atoms with Crippen molar-refractivity contribution < 1.29 is 0 Å². The van der Waals surface area contributed by atoms with Crippen LogP contribution >= 0.6 is 45.3 Å². The maximum Gasteiger partial charge on any atom is 0.0967 e. The Bertz CT molecular complexity index is 6890. The maximum absolute atomic E-state index is 5.06. The summed E-state index contributed by atoms with van der Waals surface area (Å²) in [4.78, 5) is 20.0. The first-order valence-corrected chi connectivity index (χ1v) is 39.0. The smallest absolute Gasteiger partial charge is 0.0967 e. The maximum atomic E-state index is 5.06. The molecule has 22 rings (SSSR count). The predicted octanol–water partition coefficient (Wildman–Crippen LogP) is 29.0. The number of hydrogen-bond acceptors (Lipinski definition) is 8. The third-order valence-electron chi connectivity index (χ3n) is 21.6. The quantitative estimate of drug-likeness (QED) is 0.142. The van der Waals surface area contributed by atoms with E-state index in [1.165, 1.54) is 147 Å². The number of aryl methyl sites for hydroxylation is 2. The Morgan fingerprint density at radius 1 is 0.189 bits per heavy atom. The van der Waals surface area contributed by atoms with Gasteiger partial charge in [0, 0.05) is 149 Å². The molecule has 496 valence electrons. The molecular weight excluding hydrogens is 1360 g/mol. The summed E-state index contributed by atoms with van der Waals surface area (Å²) in [6, 6.07) is 110. The molecule has 106 heavy (non-hydrogen) atoms. The van der Waals surface area contributed by atoms with Crippen LogP contribution in [-0.4, -0.2) is 19.9 Å². The molecular formula is C98H60N4S4. The second kappa shape index (κ2) is 25.2. The fraction of sp³-hybridized carbons (Fsp3) is 0.0204. The van der Waals surface area contributed by atoms with Gasteiger partial charge in [-0.1, -0.05) is 267 Å². The Balaban J connectivity index is 0.000000136. The van der Waals surface area contributed by atoms with Gasteiger partial charge in [0.05, 0.1) is 22.1 Å². The minimum atomic E-state index is 0.924. The zero-order chi connectivity index (χ0) is 70.1. The van der Waals surface area contributed by atoms with E-state index >= 15 is 0 Å². The van der Waals surface area contributed by atoms with Gasteiger partial charge in [0.1, 0.15) is 0 Å². The molecule has 0 aliphatic carbocycles. The molecule has 0 saturated carbocycles. The van der Waals surface area contributed by atoms with Crippen molar-refractivity contribution in [3.63, 3.8) is 0 Å². The van der Waals surface area contributed by atoms with Crippen LogP contribution in [0.2, 0.25) is 0 Å². The highest BCUT2D eigenvalue weighted by Crippen LogP contribution is 2.46. The minimum absolute atomic E-state index is 0.924. The van der Waals surface area contributed by atoms with E-state index in [1.54, 1.807) is 0 Å². The lowest BCUT2D eigenvalue weighted by molar-refractivity contribution is 1.33. The molecule has 0 aliphatic heterocycles. The summed E-state index contributed by atoms with van der Waals surface area (Å²) in [6.07, 6.45) is 8.02. The summed E-state index contributed by atoms with van der Waals surface area (Å²) in [5, 5.41) is 15.1. The molecule has 14 aromatic carbocycles. The Morgan fingerprint density at radius 2 is 0.443 bits per heavy atom. The Kier molecular flexibility index (Phi) is 14.8. The lowest BCUT2D eigenvalue weighted by Gasteiger charge is -2.14. The molecule has 8 aromatic heterocycles. The highest BCUT2D eigenvalue weighted by atomic mass is 32.1. The Labute approximate surface area is 626 Å². The van der Waals surface area contributed by atoms with Crippen LogP contribution in [0.3, 0.4) is 0 Å². The number of pyridine rings is 4. The molecule has 0 saturated heterocycles. The van der Waals surface area contributed by atoms with E-state index in [0.29, 0.717) is 0 Å². The van der Waals surface area contributed by atoms with Crippen LogP contribution in [0.1, 0.15) is 11.1 Å². The largest absolute Gasteiger partial charge is 0.253 e. The van der Waals surface area contributed by atoms with E-state index in [1.807, 2.05) is 70.1 Å². The van der Waals surface area contributed by atoms with Crippen molar-refractivity contribution in [2.75, 3.05) is 0 Å². The molecule has 0 N–H and O–H groups in total. The highest BCUT2D eigenvalue weighted by molar-refractivity contribution is 7.27. The topological polar surface area (TPSA) is 51.6 Å². The molecule has 8 heteroatoms. The van der Waals surface area contributed by atoms with Gasteiger partial charge in [0.2, 0.25) is 0 Å². The number of fused-ring (bicyclic) bond motifs is 18. The van der Waals surface area contributed by atoms with Gasteiger partial charge in [0.15, 0.2) is 0 Å². The van der Waals surface area contributed by atoms with E-state index in [-0.39, 0.29) is 0 Å². The fourth-order valence-electron chi connectivity index (χ4n) is 16.1. The molecule has 22 aromatic rings. The van der Waals surface area contributed by atoms with Crippen LogP contribution in [0.25, 0.3) is 213 Å². The van der Waals surface area contributed by atoms with E-state index < -0.39 is 0 Å². The Hall–Kier alpha value is -12.4. The molecule has 0 fully saturated rings. The van der Waals surface area contributed by atoms with Crippen molar-refractivity contribution in [2.45, 2.75) is 13.8 Å². The van der Waals surface area contributed by atoms with Crippen molar-refractivity contribution in [3.8, 4) is 89.0 Å². The SMILES string of the molecule is Cc1c(-c2ccc(-c3cccc4c3sc3ccccc34)cc2)cnc2c1ccc1c(C)c(-c3ccc(-c4cccc5c4sc4ccccc45)cc3)cnc12.c1ccc2c(c1)sc1c(-c3ccc(-c4cnc5c(ccc6cc(-c7ccc(-c8cccc9c8sc8ccccc89)cc7)cnc65)c4)cc3)cccc12. The number of rotatable bonds is 8. The van der Waals surface area contributed by atoms with Gasteiger partial charge in [-0.25, -0.2) is 0 Å². The van der Waals surface area contributed by atoms with E-state index in [9.17, 15) is 0 Å². The normalized spacial score (nSPS) is 11.9. The van der Waals surface area contributed by atoms with Gasteiger partial charge in [0.25, 0.3) is 0 Å². The van der Waals surface area contributed by atoms with Crippen LogP contribution in [0.4, 0.5) is 0 Å². The average Bonchev–Trinajstić information content (AvgIpc) is 1.06. The van der Waals surface area contributed by atoms with Gasteiger partial charge < -0.3 is 0 Å². The van der Waals surface area contributed by atoms with E-state index in [4.69, 9.17) is 19.9 Å². The first kappa shape index (κ1) is 62.2. The van der Waals surface area contributed by atoms with Crippen LogP contribution in [-0.2, 0) is 0 Å². The molecule has 0 aliphatic rings. The number of thiophene rings is 4. The molecule has 0 radical (unpaired) electrons. The fourth-order valence-corrected chi connectivity index (χ4v) is 21.1. The standard InChI is InChI=1S/C50H32N2S2.C48H28N2S2/c1-29-35-25-26-36-30(2)44(34-23-19-32(20-24-34)38-12-8-14-42-40-10-4-6-16-46(40)54-50(38)42)28-52-48(36)47(35)51-27-43(29)33-21-17-31(18-22-33)37-11-7-13-41-39-9-3-5-15-45(39)53-49(37)41;1-3-13-43-39(7-1)41-11-5-9-37(47(41)51-43)31-19-15-29(16-20-31)35-25-33-23-24-34-26-36(28-50-46(34)45(33)49-27-35)30-17-21-32(22-18-30)38-10-6-12-42-40-8-2-4-14-44(40)52-48(38)42/h3-28H,1-2H3;1-28H. The van der Waals surface area contributed by atoms with Crippen LogP contribution < -0.4 is 0 Å². The summed E-state index contributed by atoms with van der Waals surface area (Å²) in [5.74, 6) is 0. The minimum Gasteiger partial charge on any atom is -0.253 e. The van der Waals surface area contributed by atoms with Gasteiger partial charge >= 0.3 is 0 Å². The van der Waals surface area contributed by atoms with Gasteiger partial charge in [-0.05, 0) is 128 Å². The molecule has 0 amide bonds. The van der Waals surface area contributed by atoms with Crippen molar-refractivity contribution in [3.05, 3.63) is 339 Å². The van der Waals surface area contributed by atoms with Crippen LogP contribution in [0, 0.1) is 13.8 Å². The third kappa shape index (κ3) is 10.3. The number of aromatic nitrogens is 4. The first-order valence-electron chi connectivity index (χ1n) is 35.8. The molecule has 4 nitrogen and oxygen atoms in total. The zero-order valence-corrected chi connectivity index (χ0v) is 60.9. The lowest BCUT2D eigenvalue weighted by atomic mass is 9.93. The molecule has 0 unspecified atom stereocenters. The summed E-state index contributed by atoms with van der Waals surface area (Å²) in [6.45, 7) is 4.41. The highest BCUT2D eigenvalue weighted by Gasteiger charge is 2.20. The summed E-state index contributed by atoms with van der Waals surface area (Å²) in [5.41, 5.74) is 25.3. The molecule has 0 bridgehead atoms. The van der Waals surface area contributed by atoms with Crippen molar-refractivity contribution in [1.82, 2.24) is 19.9 Å². The monoisotopic (exact) mass is 1420 g/mol.